The molecule has 1 unspecified atom stereocenters. The van der Waals surface area contributed by atoms with E-state index in [1.165, 1.54) is 0 Å². The van der Waals surface area contributed by atoms with E-state index in [4.69, 9.17) is 9.47 Å². The van der Waals surface area contributed by atoms with Crippen molar-refractivity contribution in [3.05, 3.63) is 0 Å². The Morgan fingerprint density at radius 1 is 1.00 bits per heavy atom. The zero-order chi connectivity index (χ0) is 14.7. The molecule has 0 radical (unpaired) electrons. The van der Waals surface area contributed by atoms with Gasteiger partial charge in [0.2, 0.25) is 0 Å². The minimum Gasteiger partial charge on any atom is -0.465 e. The Morgan fingerprint density at radius 3 is 2.21 bits per heavy atom. The number of hydrogen-bond donors (Lipinski definition) is 0. The molecule has 1 atom stereocenters. The average molecular weight is 272 g/mol. The van der Waals surface area contributed by atoms with E-state index in [0.29, 0.717) is 12.5 Å². The third kappa shape index (κ3) is 11.7. The van der Waals surface area contributed by atoms with Crippen molar-refractivity contribution >= 4 is 11.9 Å². The third-order valence-electron chi connectivity index (χ3n) is 2.66. The third-order valence-corrected chi connectivity index (χ3v) is 2.66. The molecule has 4 heteroatoms. The predicted octanol–water partition coefficient (Wildman–Crippen LogP) is 3.48. The molecule has 0 fully saturated rings. The van der Waals surface area contributed by atoms with Gasteiger partial charge in [-0.1, -0.05) is 33.6 Å². The zero-order valence-electron chi connectivity index (χ0n) is 12.7. The Morgan fingerprint density at radius 2 is 1.63 bits per heavy atom. The Kier molecular flexibility index (Phi) is 10.2. The smallest absolute Gasteiger partial charge is 0.306 e. The van der Waals surface area contributed by atoms with Crippen molar-refractivity contribution in [2.75, 3.05) is 6.61 Å². The summed E-state index contributed by atoms with van der Waals surface area (Å²) in [6, 6.07) is 0. The van der Waals surface area contributed by atoms with Crippen molar-refractivity contribution in [3.8, 4) is 0 Å². The normalized spacial score (nSPS) is 12.3. The molecule has 0 spiro atoms. The fourth-order valence-corrected chi connectivity index (χ4v) is 1.56. The number of unbranched alkanes of at least 4 members (excludes halogenated alkanes) is 2. The first kappa shape index (κ1) is 17.9. The predicted molar refractivity (Wildman–Crippen MR) is 74.7 cm³/mol. The van der Waals surface area contributed by atoms with E-state index < -0.39 is 0 Å². The van der Waals surface area contributed by atoms with Crippen LogP contribution < -0.4 is 0 Å². The summed E-state index contributed by atoms with van der Waals surface area (Å²) in [6.45, 7) is 8.38. The summed E-state index contributed by atoms with van der Waals surface area (Å²) in [7, 11) is 0. The van der Waals surface area contributed by atoms with Crippen molar-refractivity contribution in [1.82, 2.24) is 0 Å². The molecule has 0 aromatic carbocycles. The van der Waals surface area contributed by atoms with Gasteiger partial charge in [0.05, 0.1) is 25.6 Å². The summed E-state index contributed by atoms with van der Waals surface area (Å²) < 4.78 is 10.2. The first-order valence-electron chi connectivity index (χ1n) is 7.30. The lowest BCUT2D eigenvalue weighted by Gasteiger charge is -2.13. The lowest BCUT2D eigenvalue weighted by atomic mass is 10.1. The summed E-state index contributed by atoms with van der Waals surface area (Å²) in [5.74, 6) is -0.329. The summed E-state index contributed by atoms with van der Waals surface area (Å²) in [5.41, 5.74) is 0. The van der Waals surface area contributed by atoms with E-state index in [1.54, 1.807) is 0 Å². The van der Waals surface area contributed by atoms with Gasteiger partial charge in [0.25, 0.3) is 0 Å². The first-order chi connectivity index (χ1) is 8.95. The van der Waals surface area contributed by atoms with Gasteiger partial charge in [0.1, 0.15) is 0 Å². The fraction of sp³-hybridized carbons (Fsp3) is 0.867. The highest BCUT2D eigenvalue weighted by molar-refractivity contribution is 5.77. The van der Waals surface area contributed by atoms with Crippen LogP contribution in [-0.2, 0) is 19.1 Å². The highest BCUT2D eigenvalue weighted by Gasteiger charge is 2.12. The molecular weight excluding hydrogens is 244 g/mol. The van der Waals surface area contributed by atoms with Crippen LogP contribution in [0.2, 0.25) is 0 Å². The van der Waals surface area contributed by atoms with Crippen LogP contribution in [0.5, 0.6) is 0 Å². The van der Waals surface area contributed by atoms with Crippen molar-refractivity contribution in [2.24, 2.45) is 5.92 Å². The molecule has 19 heavy (non-hydrogen) atoms. The van der Waals surface area contributed by atoms with Crippen LogP contribution >= 0.6 is 0 Å². The number of ether oxygens (including phenoxy) is 2. The molecule has 0 amide bonds. The van der Waals surface area contributed by atoms with Gasteiger partial charge in [-0.15, -0.1) is 0 Å². The molecule has 4 nitrogen and oxygen atoms in total. The maximum absolute atomic E-state index is 11.5. The molecule has 0 saturated heterocycles. The number of rotatable bonds is 10. The van der Waals surface area contributed by atoms with Crippen LogP contribution in [-0.4, -0.2) is 24.6 Å². The number of hydrogen-bond acceptors (Lipinski definition) is 4. The molecule has 0 heterocycles. The summed E-state index contributed by atoms with van der Waals surface area (Å²) in [6.07, 6.45) is 4.41. The zero-order valence-corrected chi connectivity index (χ0v) is 12.7. The van der Waals surface area contributed by atoms with Crippen LogP contribution in [0.1, 0.15) is 66.2 Å². The maximum Gasteiger partial charge on any atom is 0.306 e. The fourth-order valence-electron chi connectivity index (χ4n) is 1.56. The van der Waals surface area contributed by atoms with E-state index >= 15 is 0 Å². The van der Waals surface area contributed by atoms with Crippen LogP contribution in [0.25, 0.3) is 0 Å². The quantitative estimate of drug-likeness (QED) is 0.451. The van der Waals surface area contributed by atoms with Gasteiger partial charge in [-0.2, -0.15) is 0 Å². The van der Waals surface area contributed by atoms with Gasteiger partial charge in [0, 0.05) is 0 Å². The van der Waals surface area contributed by atoms with Crippen molar-refractivity contribution < 1.29 is 19.1 Å². The summed E-state index contributed by atoms with van der Waals surface area (Å²) >= 11 is 0. The second-order valence-electron chi connectivity index (χ2n) is 5.37. The van der Waals surface area contributed by atoms with Gasteiger partial charge < -0.3 is 9.47 Å². The van der Waals surface area contributed by atoms with Crippen LogP contribution in [0.3, 0.4) is 0 Å². The number of esters is 2. The molecule has 0 aromatic heterocycles. The number of carbonyl (C=O) groups excluding carboxylic acids is 2. The lowest BCUT2D eigenvalue weighted by molar-refractivity contribution is -0.153. The van der Waals surface area contributed by atoms with E-state index in [2.05, 4.69) is 6.92 Å². The molecule has 0 bridgehead atoms. The largest absolute Gasteiger partial charge is 0.465 e. The van der Waals surface area contributed by atoms with Gasteiger partial charge in [0.15, 0.2) is 0 Å². The molecule has 0 aliphatic carbocycles. The van der Waals surface area contributed by atoms with Crippen molar-refractivity contribution in [2.45, 2.75) is 72.3 Å². The topological polar surface area (TPSA) is 52.6 Å². The summed E-state index contributed by atoms with van der Waals surface area (Å²) in [5, 5.41) is 0. The van der Waals surface area contributed by atoms with Crippen molar-refractivity contribution in [1.29, 1.82) is 0 Å². The van der Waals surface area contributed by atoms with Gasteiger partial charge in [-0.3, -0.25) is 9.59 Å². The average Bonchev–Trinajstić information content (AvgIpc) is 2.34. The number of carbonyl (C=O) groups is 2. The van der Waals surface area contributed by atoms with Crippen LogP contribution in [0.4, 0.5) is 0 Å². The molecule has 0 N–H and O–H groups in total. The second-order valence-corrected chi connectivity index (χ2v) is 5.37. The van der Waals surface area contributed by atoms with E-state index in [1.807, 2.05) is 20.8 Å². The Labute approximate surface area is 116 Å². The lowest BCUT2D eigenvalue weighted by Crippen LogP contribution is -2.17. The highest BCUT2D eigenvalue weighted by atomic mass is 16.5. The van der Waals surface area contributed by atoms with Gasteiger partial charge in [-0.25, -0.2) is 0 Å². The Bertz CT molecular complexity index is 261. The summed E-state index contributed by atoms with van der Waals surface area (Å²) in [4.78, 5) is 22.8. The van der Waals surface area contributed by atoms with Crippen LogP contribution in [0, 0.1) is 5.92 Å². The van der Waals surface area contributed by atoms with Crippen LogP contribution in [0.15, 0.2) is 0 Å². The molecular formula is C15H28O4. The molecule has 0 aliphatic heterocycles. The second kappa shape index (κ2) is 10.8. The Balaban J connectivity index is 3.65. The standard InChI is InChI=1S/C15H28O4/c1-5-6-7-8-13(4)19-15(17)10-9-14(16)18-11-12(2)3/h12-13H,5-11H2,1-4H3. The SMILES string of the molecule is CCCCCC(C)OC(=O)CCC(=O)OCC(C)C. The van der Waals surface area contributed by atoms with Gasteiger partial charge in [-0.05, 0) is 25.7 Å². The maximum atomic E-state index is 11.5. The minimum absolute atomic E-state index is 0.0641. The van der Waals surface area contributed by atoms with E-state index in [0.717, 1.165) is 25.7 Å². The molecule has 0 saturated carbocycles. The molecule has 0 aliphatic rings. The van der Waals surface area contributed by atoms with Gasteiger partial charge >= 0.3 is 11.9 Å². The monoisotopic (exact) mass is 272 g/mol. The molecule has 0 rings (SSSR count). The van der Waals surface area contributed by atoms with E-state index in [9.17, 15) is 9.59 Å². The molecule has 112 valence electrons. The molecule has 0 aromatic rings. The minimum atomic E-state index is -0.329. The highest BCUT2D eigenvalue weighted by Crippen LogP contribution is 2.08. The first-order valence-corrected chi connectivity index (χ1v) is 7.30. The Hall–Kier alpha value is -1.06. The van der Waals surface area contributed by atoms with E-state index in [-0.39, 0.29) is 30.9 Å². The van der Waals surface area contributed by atoms with Crippen molar-refractivity contribution in [3.63, 3.8) is 0 Å².